The molecule has 0 aliphatic rings. The van der Waals surface area contributed by atoms with Crippen LogP contribution in [0.5, 0.6) is 0 Å². The van der Waals surface area contributed by atoms with Gasteiger partial charge >= 0.3 is 0 Å². The Kier molecular flexibility index (Phi) is 5.10. The Labute approximate surface area is 118 Å². The Morgan fingerprint density at radius 3 is 2.89 bits per heavy atom. The summed E-state index contributed by atoms with van der Waals surface area (Å²) in [7, 11) is 1.98. The van der Waals surface area contributed by atoms with Gasteiger partial charge in [0.25, 0.3) is 0 Å². The topological polar surface area (TPSA) is 51.0 Å². The van der Waals surface area contributed by atoms with Crippen molar-refractivity contribution in [2.45, 2.75) is 39.2 Å². The lowest BCUT2D eigenvalue weighted by atomic mass is 10.0. The molecule has 1 atom stereocenters. The van der Waals surface area contributed by atoms with Crippen LogP contribution in [-0.4, -0.2) is 23.2 Å². The second-order valence-corrected chi connectivity index (χ2v) is 6.21. The molecular formula is C14H21N3OS. The lowest BCUT2D eigenvalue weighted by Crippen LogP contribution is -2.29. The fourth-order valence-corrected chi connectivity index (χ4v) is 2.80. The van der Waals surface area contributed by atoms with Crippen LogP contribution in [0.2, 0.25) is 0 Å². The summed E-state index contributed by atoms with van der Waals surface area (Å²) in [6.07, 6.45) is 2.67. The molecule has 2 rings (SSSR count). The van der Waals surface area contributed by atoms with Gasteiger partial charge in [-0.05, 0) is 30.8 Å². The highest BCUT2D eigenvalue weighted by Crippen LogP contribution is 2.14. The standard InChI is InChI=1S/C14H21N3OS/c1-10(2)7-11(15-3)8-14-16-13(17-18-14)9-12-5-4-6-19-12/h4-6,10-11,15H,7-9H2,1-3H3. The maximum atomic E-state index is 5.33. The Morgan fingerprint density at radius 1 is 1.42 bits per heavy atom. The van der Waals surface area contributed by atoms with Crippen LogP contribution >= 0.6 is 11.3 Å². The Hall–Kier alpha value is -1.20. The van der Waals surface area contributed by atoms with E-state index in [1.807, 2.05) is 13.1 Å². The first kappa shape index (κ1) is 14.2. The van der Waals surface area contributed by atoms with Crippen LogP contribution < -0.4 is 5.32 Å². The highest BCUT2D eigenvalue weighted by atomic mass is 32.1. The molecule has 0 radical (unpaired) electrons. The summed E-state index contributed by atoms with van der Waals surface area (Å²) in [4.78, 5) is 5.73. The second kappa shape index (κ2) is 6.82. The molecule has 4 nitrogen and oxygen atoms in total. The third-order valence-electron chi connectivity index (χ3n) is 3.01. The van der Waals surface area contributed by atoms with Crippen molar-refractivity contribution in [1.82, 2.24) is 15.5 Å². The van der Waals surface area contributed by atoms with Crippen LogP contribution in [0, 0.1) is 5.92 Å². The summed E-state index contributed by atoms with van der Waals surface area (Å²) >= 11 is 1.72. The highest BCUT2D eigenvalue weighted by molar-refractivity contribution is 7.09. The average molecular weight is 279 g/mol. The Balaban J connectivity index is 1.92. The van der Waals surface area contributed by atoms with Crippen molar-refractivity contribution in [2.75, 3.05) is 7.05 Å². The van der Waals surface area contributed by atoms with E-state index in [0.29, 0.717) is 12.0 Å². The van der Waals surface area contributed by atoms with Gasteiger partial charge in [0.15, 0.2) is 5.82 Å². The molecule has 1 N–H and O–H groups in total. The SMILES string of the molecule is CNC(Cc1nc(Cc2cccs2)no1)CC(C)C. The zero-order valence-electron chi connectivity index (χ0n) is 11.7. The number of hydrogen-bond donors (Lipinski definition) is 1. The normalized spacial score (nSPS) is 13.1. The van der Waals surface area contributed by atoms with E-state index in [4.69, 9.17) is 4.52 Å². The van der Waals surface area contributed by atoms with Crippen LogP contribution in [0.15, 0.2) is 22.0 Å². The highest BCUT2D eigenvalue weighted by Gasteiger charge is 2.14. The Bertz CT molecular complexity index is 479. The van der Waals surface area contributed by atoms with Crippen LogP contribution in [0.1, 0.15) is 36.9 Å². The molecule has 19 heavy (non-hydrogen) atoms. The number of rotatable bonds is 7. The molecule has 1 unspecified atom stereocenters. The molecule has 0 amide bonds. The van der Waals surface area contributed by atoms with E-state index in [1.54, 1.807) is 11.3 Å². The average Bonchev–Trinajstić information content (AvgIpc) is 3.00. The van der Waals surface area contributed by atoms with Gasteiger partial charge < -0.3 is 9.84 Å². The maximum Gasteiger partial charge on any atom is 0.228 e. The van der Waals surface area contributed by atoms with Gasteiger partial charge in [-0.25, -0.2) is 0 Å². The van der Waals surface area contributed by atoms with Gasteiger partial charge in [-0.1, -0.05) is 25.1 Å². The van der Waals surface area contributed by atoms with Gasteiger partial charge in [-0.15, -0.1) is 11.3 Å². The summed E-state index contributed by atoms with van der Waals surface area (Å²) in [5, 5.41) is 9.43. The van der Waals surface area contributed by atoms with Crippen molar-refractivity contribution in [3.05, 3.63) is 34.1 Å². The molecule has 0 fully saturated rings. The van der Waals surface area contributed by atoms with E-state index < -0.39 is 0 Å². The van der Waals surface area contributed by atoms with Crippen LogP contribution in [0.25, 0.3) is 0 Å². The molecule has 0 saturated carbocycles. The smallest absolute Gasteiger partial charge is 0.228 e. The minimum absolute atomic E-state index is 0.398. The molecule has 0 aliphatic heterocycles. The first-order valence-electron chi connectivity index (χ1n) is 6.68. The molecular weight excluding hydrogens is 258 g/mol. The molecule has 0 aliphatic carbocycles. The van der Waals surface area contributed by atoms with Crippen LogP contribution in [0.4, 0.5) is 0 Å². The predicted octanol–water partition coefficient (Wildman–Crippen LogP) is 2.90. The van der Waals surface area contributed by atoms with Crippen LogP contribution in [0.3, 0.4) is 0 Å². The number of nitrogens with zero attached hydrogens (tertiary/aromatic N) is 2. The zero-order chi connectivity index (χ0) is 13.7. The van der Waals surface area contributed by atoms with Gasteiger partial charge in [0.1, 0.15) is 0 Å². The van der Waals surface area contributed by atoms with Crippen LogP contribution in [-0.2, 0) is 12.8 Å². The van der Waals surface area contributed by atoms with E-state index in [0.717, 1.165) is 31.0 Å². The molecule has 0 spiro atoms. The van der Waals surface area contributed by atoms with Gasteiger partial charge in [-0.3, -0.25) is 0 Å². The van der Waals surface area contributed by atoms with E-state index in [-0.39, 0.29) is 0 Å². The first-order chi connectivity index (χ1) is 9.17. The number of aromatic nitrogens is 2. The quantitative estimate of drug-likeness (QED) is 0.846. The summed E-state index contributed by atoms with van der Waals surface area (Å²) in [5.74, 6) is 2.16. The minimum Gasteiger partial charge on any atom is -0.339 e. The van der Waals surface area contributed by atoms with Crippen molar-refractivity contribution in [3.63, 3.8) is 0 Å². The predicted molar refractivity (Wildman–Crippen MR) is 77.4 cm³/mol. The van der Waals surface area contributed by atoms with Crippen molar-refractivity contribution in [3.8, 4) is 0 Å². The van der Waals surface area contributed by atoms with E-state index >= 15 is 0 Å². The lowest BCUT2D eigenvalue weighted by molar-refractivity contribution is 0.342. The first-order valence-corrected chi connectivity index (χ1v) is 7.56. The van der Waals surface area contributed by atoms with E-state index in [2.05, 4.69) is 40.8 Å². The van der Waals surface area contributed by atoms with E-state index in [1.165, 1.54) is 4.88 Å². The lowest BCUT2D eigenvalue weighted by Gasteiger charge is -2.15. The molecule has 2 heterocycles. The van der Waals surface area contributed by atoms with Crippen molar-refractivity contribution in [1.29, 1.82) is 0 Å². The van der Waals surface area contributed by atoms with Crippen molar-refractivity contribution < 1.29 is 4.52 Å². The molecule has 0 bridgehead atoms. The third kappa shape index (κ3) is 4.44. The van der Waals surface area contributed by atoms with Gasteiger partial charge in [0.2, 0.25) is 5.89 Å². The second-order valence-electron chi connectivity index (χ2n) is 5.18. The van der Waals surface area contributed by atoms with Crippen molar-refractivity contribution in [2.24, 2.45) is 5.92 Å². The number of thiophene rings is 1. The maximum absolute atomic E-state index is 5.33. The van der Waals surface area contributed by atoms with Gasteiger partial charge in [-0.2, -0.15) is 4.98 Å². The monoisotopic (exact) mass is 279 g/mol. The largest absolute Gasteiger partial charge is 0.339 e. The third-order valence-corrected chi connectivity index (χ3v) is 3.88. The summed E-state index contributed by atoms with van der Waals surface area (Å²) in [6.45, 7) is 4.45. The van der Waals surface area contributed by atoms with Crippen molar-refractivity contribution >= 4 is 11.3 Å². The van der Waals surface area contributed by atoms with Gasteiger partial charge in [0, 0.05) is 23.8 Å². The molecule has 0 saturated heterocycles. The minimum atomic E-state index is 0.398. The molecule has 2 aromatic heterocycles. The summed E-state index contributed by atoms with van der Waals surface area (Å²) < 4.78 is 5.33. The van der Waals surface area contributed by atoms with E-state index in [9.17, 15) is 0 Å². The molecule has 0 aromatic carbocycles. The fourth-order valence-electron chi connectivity index (χ4n) is 2.10. The number of nitrogens with one attached hydrogen (secondary N) is 1. The van der Waals surface area contributed by atoms with Gasteiger partial charge in [0.05, 0.1) is 0 Å². The molecule has 104 valence electrons. The molecule has 5 heteroatoms. The zero-order valence-corrected chi connectivity index (χ0v) is 12.5. The molecule has 2 aromatic rings. The summed E-state index contributed by atoms with van der Waals surface area (Å²) in [5.41, 5.74) is 0. The Morgan fingerprint density at radius 2 is 2.26 bits per heavy atom. The summed E-state index contributed by atoms with van der Waals surface area (Å²) in [6, 6.07) is 4.53. The fraction of sp³-hybridized carbons (Fsp3) is 0.571. The number of likely N-dealkylation sites (N-methyl/N-ethyl adjacent to an activating group) is 1. The number of hydrogen-bond acceptors (Lipinski definition) is 5.